The first kappa shape index (κ1) is 16.7. The Balaban J connectivity index is 1.47. The van der Waals surface area contributed by atoms with E-state index in [4.69, 9.17) is 5.73 Å². The Bertz CT molecular complexity index is 654. The number of rotatable bonds is 5. The Hall–Kier alpha value is -2.11. The van der Waals surface area contributed by atoms with E-state index in [1.54, 1.807) is 6.07 Å². The van der Waals surface area contributed by atoms with Crippen LogP contribution < -0.4 is 10.6 Å². The Morgan fingerprint density at radius 3 is 2.33 bits per heavy atom. The van der Waals surface area contributed by atoms with Crippen molar-refractivity contribution in [2.24, 2.45) is 0 Å². The van der Waals surface area contributed by atoms with E-state index in [2.05, 4.69) is 9.80 Å². The molecular weight excluding hydrogens is 305 g/mol. The maximum Gasteiger partial charge on any atom is 0.146 e. The molecular formula is C19H24FN3O. The quantitative estimate of drug-likeness (QED) is 0.828. The van der Waals surface area contributed by atoms with Gasteiger partial charge in [0.15, 0.2) is 0 Å². The lowest BCUT2D eigenvalue weighted by molar-refractivity contribution is 0.139. The first-order chi connectivity index (χ1) is 11.6. The van der Waals surface area contributed by atoms with Gasteiger partial charge in [-0.15, -0.1) is 0 Å². The van der Waals surface area contributed by atoms with E-state index in [-0.39, 0.29) is 5.82 Å². The van der Waals surface area contributed by atoms with E-state index in [0.29, 0.717) is 17.8 Å². The van der Waals surface area contributed by atoms with Crippen molar-refractivity contribution in [1.29, 1.82) is 0 Å². The summed E-state index contributed by atoms with van der Waals surface area (Å²) < 4.78 is 13.8. The van der Waals surface area contributed by atoms with Crippen LogP contribution in [0.1, 0.15) is 18.1 Å². The van der Waals surface area contributed by atoms with Crippen molar-refractivity contribution >= 4 is 11.4 Å². The molecule has 0 amide bonds. The smallest absolute Gasteiger partial charge is 0.146 e. The minimum Gasteiger partial charge on any atom is -0.399 e. The zero-order valence-electron chi connectivity index (χ0n) is 13.7. The average molecular weight is 329 g/mol. The molecule has 3 N–H and O–H groups in total. The van der Waals surface area contributed by atoms with Gasteiger partial charge in [-0.2, -0.15) is 0 Å². The monoisotopic (exact) mass is 329 g/mol. The van der Waals surface area contributed by atoms with Crippen LogP contribution in [0.2, 0.25) is 0 Å². The van der Waals surface area contributed by atoms with Crippen LogP contribution in [-0.4, -0.2) is 42.7 Å². The summed E-state index contributed by atoms with van der Waals surface area (Å²) in [5.41, 5.74) is 7.95. The van der Waals surface area contributed by atoms with Gasteiger partial charge in [-0.05, 0) is 36.2 Å². The zero-order chi connectivity index (χ0) is 16.9. The van der Waals surface area contributed by atoms with Crippen LogP contribution in [0.5, 0.6) is 0 Å². The second-order valence-corrected chi connectivity index (χ2v) is 6.25. The summed E-state index contributed by atoms with van der Waals surface area (Å²) in [7, 11) is 0. The molecule has 2 aromatic carbocycles. The lowest BCUT2D eigenvalue weighted by Crippen LogP contribution is -2.47. The SMILES string of the molecule is Nc1ccc(C(O)CCN2CCN(c3ccccc3F)CC2)cc1. The van der Waals surface area contributed by atoms with E-state index in [0.717, 1.165) is 38.3 Å². The molecule has 0 aromatic heterocycles. The number of aliphatic hydroxyl groups is 1. The second kappa shape index (κ2) is 7.64. The van der Waals surface area contributed by atoms with E-state index >= 15 is 0 Å². The van der Waals surface area contributed by atoms with E-state index in [1.807, 2.05) is 36.4 Å². The fourth-order valence-electron chi connectivity index (χ4n) is 3.11. The first-order valence-electron chi connectivity index (χ1n) is 8.39. The molecule has 0 spiro atoms. The van der Waals surface area contributed by atoms with Gasteiger partial charge in [-0.1, -0.05) is 24.3 Å². The lowest BCUT2D eigenvalue weighted by Gasteiger charge is -2.36. The highest BCUT2D eigenvalue weighted by Crippen LogP contribution is 2.22. The van der Waals surface area contributed by atoms with Crippen LogP contribution in [0, 0.1) is 5.82 Å². The first-order valence-corrected chi connectivity index (χ1v) is 8.39. The molecule has 1 aliphatic heterocycles. The van der Waals surface area contributed by atoms with Gasteiger partial charge in [0.05, 0.1) is 11.8 Å². The summed E-state index contributed by atoms with van der Waals surface area (Å²) in [6.07, 6.45) is 0.207. The maximum atomic E-state index is 13.8. The summed E-state index contributed by atoms with van der Waals surface area (Å²) in [6, 6.07) is 14.3. The second-order valence-electron chi connectivity index (χ2n) is 6.25. The molecule has 24 heavy (non-hydrogen) atoms. The molecule has 1 aliphatic rings. The summed E-state index contributed by atoms with van der Waals surface area (Å²) in [4.78, 5) is 4.40. The number of nitrogens with two attached hydrogens (primary N) is 1. The molecule has 1 unspecified atom stereocenters. The fourth-order valence-corrected chi connectivity index (χ4v) is 3.11. The predicted octanol–water partition coefficient (Wildman–Crippen LogP) is 2.65. The number of nitrogen functional groups attached to an aromatic ring is 1. The number of piperazine rings is 1. The zero-order valence-corrected chi connectivity index (χ0v) is 13.7. The Morgan fingerprint density at radius 1 is 1.00 bits per heavy atom. The Morgan fingerprint density at radius 2 is 1.67 bits per heavy atom. The van der Waals surface area contributed by atoms with Crippen molar-refractivity contribution in [1.82, 2.24) is 4.90 Å². The normalized spacial score (nSPS) is 17.0. The van der Waals surface area contributed by atoms with Crippen molar-refractivity contribution in [2.75, 3.05) is 43.4 Å². The van der Waals surface area contributed by atoms with E-state index in [9.17, 15) is 9.50 Å². The number of aliphatic hydroxyl groups excluding tert-OH is 1. The largest absolute Gasteiger partial charge is 0.399 e. The average Bonchev–Trinajstić information content (AvgIpc) is 2.61. The molecule has 0 saturated carbocycles. The molecule has 1 heterocycles. The van der Waals surface area contributed by atoms with Gasteiger partial charge in [-0.25, -0.2) is 4.39 Å². The number of anilines is 2. The molecule has 3 rings (SSSR count). The molecule has 5 heteroatoms. The lowest BCUT2D eigenvalue weighted by atomic mass is 10.1. The van der Waals surface area contributed by atoms with E-state index < -0.39 is 6.10 Å². The summed E-state index contributed by atoms with van der Waals surface area (Å²) in [6.45, 7) is 4.19. The van der Waals surface area contributed by atoms with Crippen LogP contribution in [0.25, 0.3) is 0 Å². The number of halogens is 1. The molecule has 0 radical (unpaired) electrons. The summed E-state index contributed by atoms with van der Waals surface area (Å²) in [5, 5.41) is 10.3. The molecule has 0 aliphatic carbocycles. The van der Waals surface area contributed by atoms with Crippen molar-refractivity contribution in [2.45, 2.75) is 12.5 Å². The highest BCUT2D eigenvalue weighted by molar-refractivity contribution is 5.48. The molecule has 0 bridgehead atoms. The minimum atomic E-state index is -0.477. The summed E-state index contributed by atoms with van der Waals surface area (Å²) >= 11 is 0. The van der Waals surface area contributed by atoms with E-state index in [1.165, 1.54) is 6.07 Å². The molecule has 4 nitrogen and oxygen atoms in total. The number of nitrogens with zero attached hydrogens (tertiary/aromatic N) is 2. The van der Waals surface area contributed by atoms with Crippen LogP contribution in [0.4, 0.5) is 15.8 Å². The van der Waals surface area contributed by atoms with Crippen molar-refractivity contribution in [3.05, 3.63) is 59.9 Å². The highest BCUT2D eigenvalue weighted by atomic mass is 19.1. The predicted molar refractivity (Wildman–Crippen MR) is 95.5 cm³/mol. The van der Waals surface area contributed by atoms with Crippen molar-refractivity contribution in [3.8, 4) is 0 Å². The molecule has 1 saturated heterocycles. The number of benzene rings is 2. The van der Waals surface area contributed by atoms with Gasteiger partial charge in [-0.3, -0.25) is 4.90 Å². The van der Waals surface area contributed by atoms with Gasteiger partial charge in [0, 0.05) is 38.4 Å². The van der Waals surface area contributed by atoms with Crippen LogP contribution in [0.15, 0.2) is 48.5 Å². The number of para-hydroxylation sites is 1. The topological polar surface area (TPSA) is 52.7 Å². The Labute approximate surface area is 142 Å². The van der Waals surface area contributed by atoms with Crippen LogP contribution in [-0.2, 0) is 0 Å². The van der Waals surface area contributed by atoms with Gasteiger partial charge in [0.2, 0.25) is 0 Å². The standard InChI is InChI=1S/C19H24FN3O/c20-17-3-1-2-4-18(17)23-13-11-22(12-14-23)10-9-19(24)15-5-7-16(21)8-6-15/h1-8,19,24H,9-14,21H2. The highest BCUT2D eigenvalue weighted by Gasteiger charge is 2.20. The van der Waals surface area contributed by atoms with Gasteiger partial charge in [0.25, 0.3) is 0 Å². The van der Waals surface area contributed by atoms with Gasteiger partial charge >= 0.3 is 0 Å². The third kappa shape index (κ3) is 4.04. The fraction of sp³-hybridized carbons (Fsp3) is 0.368. The van der Waals surface area contributed by atoms with Crippen molar-refractivity contribution in [3.63, 3.8) is 0 Å². The molecule has 2 aromatic rings. The molecule has 1 fully saturated rings. The van der Waals surface area contributed by atoms with Crippen LogP contribution >= 0.6 is 0 Å². The summed E-state index contributed by atoms with van der Waals surface area (Å²) in [5.74, 6) is -0.162. The maximum absolute atomic E-state index is 13.8. The van der Waals surface area contributed by atoms with Gasteiger partial charge in [0.1, 0.15) is 5.82 Å². The molecule has 1 atom stereocenters. The number of hydrogen-bond donors (Lipinski definition) is 2. The Kier molecular flexibility index (Phi) is 5.33. The molecule has 128 valence electrons. The third-order valence-electron chi connectivity index (χ3n) is 4.61. The van der Waals surface area contributed by atoms with Crippen molar-refractivity contribution < 1.29 is 9.50 Å². The minimum absolute atomic E-state index is 0.162. The van der Waals surface area contributed by atoms with Crippen LogP contribution in [0.3, 0.4) is 0 Å². The number of hydrogen-bond acceptors (Lipinski definition) is 4. The third-order valence-corrected chi connectivity index (χ3v) is 4.61. The van der Waals surface area contributed by atoms with Gasteiger partial charge < -0.3 is 15.7 Å².